The Kier molecular flexibility index (Phi) is 8.46. The van der Waals surface area contributed by atoms with Crippen LogP contribution in [-0.2, 0) is 11.3 Å². The Morgan fingerprint density at radius 1 is 1.20 bits per heavy atom. The number of aliphatic hydroxyl groups excluding tert-OH is 1. The molecular weight excluding hydrogens is 525 g/mol. The molecule has 2 amide bonds. The molecule has 2 aromatic carbocycles. The molecular formula is C30H36FN7O3. The summed E-state index contributed by atoms with van der Waals surface area (Å²) in [6.45, 7) is 3.82. The lowest BCUT2D eigenvalue weighted by molar-refractivity contribution is -0.126. The molecule has 216 valence electrons. The maximum atomic E-state index is 13.5. The van der Waals surface area contributed by atoms with Gasteiger partial charge in [-0.15, -0.1) is 0 Å². The number of nitrogens with zero attached hydrogens (tertiary/aromatic N) is 6. The molecule has 0 saturated carbocycles. The molecule has 2 atom stereocenters. The Balaban J connectivity index is 1.58. The predicted molar refractivity (Wildman–Crippen MR) is 156 cm³/mol. The van der Waals surface area contributed by atoms with E-state index in [0.717, 1.165) is 35.7 Å². The summed E-state index contributed by atoms with van der Waals surface area (Å²) in [6.07, 6.45) is 7.23. The van der Waals surface area contributed by atoms with E-state index in [9.17, 15) is 19.1 Å². The summed E-state index contributed by atoms with van der Waals surface area (Å²) in [5.41, 5.74) is 2.63. The van der Waals surface area contributed by atoms with Crippen molar-refractivity contribution < 1.29 is 19.1 Å². The fraction of sp³-hybridized carbons (Fsp3) is 0.400. The predicted octanol–water partition coefficient (Wildman–Crippen LogP) is 3.83. The lowest BCUT2D eigenvalue weighted by Gasteiger charge is -2.26. The number of imidazole rings is 1. The van der Waals surface area contributed by atoms with Gasteiger partial charge in [-0.2, -0.15) is 5.10 Å². The van der Waals surface area contributed by atoms with E-state index in [1.807, 2.05) is 46.7 Å². The van der Waals surface area contributed by atoms with Gasteiger partial charge in [0.15, 0.2) is 0 Å². The van der Waals surface area contributed by atoms with E-state index in [-0.39, 0.29) is 11.9 Å². The third-order valence-electron chi connectivity index (χ3n) is 7.30. The lowest BCUT2D eigenvalue weighted by atomic mass is 10.1. The number of likely N-dealkylation sites (tertiary alicyclic amines) is 1. The first-order valence-corrected chi connectivity index (χ1v) is 13.9. The Morgan fingerprint density at radius 3 is 2.71 bits per heavy atom. The average Bonchev–Trinajstić information content (AvgIpc) is 3.39. The van der Waals surface area contributed by atoms with Crippen LogP contribution in [0.25, 0.3) is 21.9 Å². The summed E-state index contributed by atoms with van der Waals surface area (Å²) >= 11 is 0. The highest BCUT2D eigenvalue weighted by molar-refractivity contribution is 6.07. The molecule has 4 aromatic rings. The number of carbonyl (C=O) groups is 2. The van der Waals surface area contributed by atoms with Crippen LogP contribution in [0.15, 0.2) is 54.7 Å². The molecule has 0 aliphatic carbocycles. The number of likely N-dealkylation sites (N-methyl/N-ethyl adjacent to an activating group) is 1. The molecule has 0 spiro atoms. The lowest BCUT2D eigenvalue weighted by Crippen LogP contribution is -2.34. The summed E-state index contributed by atoms with van der Waals surface area (Å²) < 4.78 is 17.3. The van der Waals surface area contributed by atoms with E-state index in [1.54, 1.807) is 23.9 Å². The fourth-order valence-electron chi connectivity index (χ4n) is 5.36. The van der Waals surface area contributed by atoms with Crippen molar-refractivity contribution in [1.29, 1.82) is 0 Å². The maximum Gasteiger partial charge on any atom is 0.257 e. The molecule has 1 aliphatic heterocycles. The van der Waals surface area contributed by atoms with Crippen LogP contribution in [-0.4, -0.2) is 85.9 Å². The molecule has 5 rings (SSSR count). The van der Waals surface area contributed by atoms with E-state index in [4.69, 9.17) is 4.98 Å². The van der Waals surface area contributed by atoms with E-state index in [2.05, 4.69) is 10.4 Å². The first-order valence-electron chi connectivity index (χ1n) is 13.9. The van der Waals surface area contributed by atoms with Gasteiger partial charge in [-0.05, 0) is 76.7 Å². The number of hydrogen-bond acceptors (Lipinski definition) is 6. The van der Waals surface area contributed by atoms with Crippen molar-refractivity contribution in [3.05, 3.63) is 66.1 Å². The van der Waals surface area contributed by atoms with E-state index < -0.39 is 17.8 Å². The van der Waals surface area contributed by atoms with Crippen LogP contribution in [0.4, 0.5) is 10.3 Å². The number of carbonyl (C=O) groups excluding carboxylic acids is 2. The number of rotatable bonds is 8. The Bertz CT molecular complexity index is 1570. The number of fused-ring (bicyclic) bond motifs is 3. The molecule has 0 unspecified atom stereocenters. The first-order chi connectivity index (χ1) is 19.7. The molecule has 1 aliphatic rings. The summed E-state index contributed by atoms with van der Waals surface area (Å²) in [6, 6.07) is 8.99. The van der Waals surface area contributed by atoms with E-state index >= 15 is 0 Å². The fourth-order valence-corrected chi connectivity index (χ4v) is 5.36. The van der Waals surface area contributed by atoms with Crippen LogP contribution >= 0.6 is 0 Å². The number of halogens is 1. The van der Waals surface area contributed by atoms with Gasteiger partial charge in [0.1, 0.15) is 5.82 Å². The Morgan fingerprint density at radius 2 is 1.98 bits per heavy atom. The van der Waals surface area contributed by atoms with Crippen LogP contribution in [0, 0.1) is 5.82 Å². The zero-order chi connectivity index (χ0) is 29.1. The summed E-state index contributed by atoms with van der Waals surface area (Å²) in [7, 11) is 3.90. The molecule has 2 N–H and O–H groups in total. The van der Waals surface area contributed by atoms with Crippen molar-refractivity contribution in [2.45, 2.75) is 44.9 Å². The molecule has 1 fully saturated rings. The Labute approximate surface area is 238 Å². The van der Waals surface area contributed by atoms with Crippen LogP contribution in [0.1, 0.15) is 42.6 Å². The van der Waals surface area contributed by atoms with E-state index in [0.29, 0.717) is 43.2 Å². The van der Waals surface area contributed by atoms with E-state index in [1.165, 1.54) is 24.3 Å². The third-order valence-corrected chi connectivity index (χ3v) is 7.30. The first kappa shape index (κ1) is 28.4. The standard InChI is InChI=1S/C30H36FN7O3/c1-20(39)18-37-26-14-13-25-28(24(26)17-32-37)38(30(33-25)34-29(41)21-9-11-22(31)12-10-21)23-7-4-5-16-36(19-23)27(40)8-6-15-35(2)3/h6,8-14,17,20,23,39H,4-5,7,15-16,18-19H2,1-3H3,(H,33,34,41)/b8-6+/t20-,23-/m1/s1. The monoisotopic (exact) mass is 561 g/mol. The van der Waals surface area contributed by atoms with Crippen molar-refractivity contribution in [3.8, 4) is 0 Å². The number of nitrogens with one attached hydrogen (secondary N) is 1. The van der Waals surface area contributed by atoms with Gasteiger partial charge in [0.25, 0.3) is 5.91 Å². The van der Waals surface area contributed by atoms with Gasteiger partial charge in [-0.1, -0.05) is 6.08 Å². The number of aliphatic hydroxyl groups is 1. The highest BCUT2D eigenvalue weighted by atomic mass is 19.1. The molecule has 3 heterocycles. The molecule has 10 nitrogen and oxygen atoms in total. The normalized spacial score (nSPS) is 17.0. The van der Waals surface area contributed by atoms with Gasteiger partial charge in [0.05, 0.1) is 41.4 Å². The number of aromatic nitrogens is 4. The van der Waals surface area contributed by atoms with Crippen molar-refractivity contribution >= 4 is 39.7 Å². The third kappa shape index (κ3) is 6.31. The zero-order valence-corrected chi connectivity index (χ0v) is 23.6. The van der Waals surface area contributed by atoms with Crippen LogP contribution in [0.5, 0.6) is 0 Å². The summed E-state index contributed by atoms with van der Waals surface area (Å²) in [5, 5.41) is 18.3. The molecule has 0 radical (unpaired) electrons. The number of hydrogen-bond donors (Lipinski definition) is 2. The van der Waals surface area contributed by atoms with Gasteiger partial charge in [0.2, 0.25) is 11.9 Å². The molecule has 11 heteroatoms. The van der Waals surface area contributed by atoms with Crippen LogP contribution in [0.3, 0.4) is 0 Å². The van der Waals surface area contributed by atoms with Crippen LogP contribution < -0.4 is 5.32 Å². The largest absolute Gasteiger partial charge is 0.391 e. The SMILES string of the molecule is C[C@@H](O)Cn1ncc2c1ccc1nc(NC(=O)c3ccc(F)cc3)n([C@@H]3CCCCN(C(=O)/C=C/CN(C)C)C3)c12. The minimum atomic E-state index is -0.578. The van der Waals surface area contributed by atoms with Gasteiger partial charge in [0, 0.05) is 36.7 Å². The minimum Gasteiger partial charge on any atom is -0.391 e. The number of amides is 2. The topological polar surface area (TPSA) is 109 Å². The molecule has 0 bridgehead atoms. The maximum absolute atomic E-state index is 13.5. The van der Waals surface area contributed by atoms with Crippen molar-refractivity contribution in [2.75, 3.05) is 39.0 Å². The van der Waals surface area contributed by atoms with Crippen molar-refractivity contribution in [2.24, 2.45) is 0 Å². The highest BCUT2D eigenvalue weighted by Crippen LogP contribution is 2.34. The molecule has 41 heavy (non-hydrogen) atoms. The second-order valence-corrected chi connectivity index (χ2v) is 10.9. The van der Waals surface area contributed by atoms with Crippen LogP contribution in [0.2, 0.25) is 0 Å². The van der Waals surface area contributed by atoms with Gasteiger partial charge < -0.3 is 19.5 Å². The smallest absolute Gasteiger partial charge is 0.257 e. The number of benzene rings is 2. The zero-order valence-electron chi connectivity index (χ0n) is 23.6. The summed E-state index contributed by atoms with van der Waals surface area (Å²) in [4.78, 5) is 35.1. The number of anilines is 1. The quantitative estimate of drug-likeness (QED) is 0.317. The van der Waals surface area contributed by atoms with Crippen molar-refractivity contribution in [3.63, 3.8) is 0 Å². The second-order valence-electron chi connectivity index (χ2n) is 10.9. The van der Waals surface area contributed by atoms with Gasteiger partial charge in [-0.25, -0.2) is 9.37 Å². The molecule has 1 saturated heterocycles. The highest BCUT2D eigenvalue weighted by Gasteiger charge is 2.28. The van der Waals surface area contributed by atoms with Gasteiger partial charge >= 0.3 is 0 Å². The molecule has 2 aromatic heterocycles. The van der Waals surface area contributed by atoms with Crippen molar-refractivity contribution in [1.82, 2.24) is 29.1 Å². The summed E-state index contributed by atoms with van der Waals surface area (Å²) in [5.74, 6) is -0.522. The van der Waals surface area contributed by atoms with Gasteiger partial charge in [-0.3, -0.25) is 19.6 Å². The average molecular weight is 562 g/mol. The second kappa shape index (κ2) is 12.2. The Hall–Kier alpha value is -4.09. The minimum absolute atomic E-state index is 0.0463.